The highest BCUT2D eigenvalue weighted by Gasteiger charge is 2.38. The molecule has 4 amide bonds. The molecule has 3 N–H and O–H groups in total. The van der Waals surface area contributed by atoms with Crippen LogP contribution in [0.25, 0.3) is 16.8 Å². The number of carbonyl (C=O) groups is 4. The minimum Gasteiger partial charge on any atom is -0.348 e. The van der Waals surface area contributed by atoms with Crippen LogP contribution in [0, 0.1) is 11.3 Å². The van der Waals surface area contributed by atoms with Gasteiger partial charge in [0.15, 0.2) is 0 Å². The van der Waals surface area contributed by atoms with E-state index in [2.05, 4.69) is 21.0 Å². The SMILES string of the molecule is CC1NC(=O)C(C(C)C)N(C)C(=O)C(C)(C)C=Cc2cc3cc(ccc3cn2)C(C)NC(=O)C2CCCN(N2)C1=O. The lowest BCUT2D eigenvalue weighted by atomic mass is 9.89. The topological polar surface area (TPSA) is 124 Å². The summed E-state index contributed by atoms with van der Waals surface area (Å²) in [6, 6.07) is 5.44. The first kappa shape index (κ1) is 30.2. The second-order valence-corrected chi connectivity index (χ2v) is 12.2. The van der Waals surface area contributed by atoms with Crippen molar-refractivity contribution in [2.45, 2.75) is 78.6 Å². The number of nitrogens with zero attached hydrogens (tertiary/aromatic N) is 3. The van der Waals surface area contributed by atoms with Gasteiger partial charge >= 0.3 is 0 Å². The molecule has 1 aromatic heterocycles. The van der Waals surface area contributed by atoms with Crippen LogP contribution >= 0.6 is 0 Å². The van der Waals surface area contributed by atoms with Crippen LogP contribution in [-0.4, -0.2) is 70.2 Å². The summed E-state index contributed by atoms with van der Waals surface area (Å²) in [7, 11) is 1.62. The number of hydrazine groups is 1. The molecule has 1 fully saturated rings. The number of carbonyl (C=O) groups excluding carboxylic acids is 4. The lowest BCUT2D eigenvalue weighted by Gasteiger charge is -2.37. The first-order valence-corrected chi connectivity index (χ1v) is 14.3. The summed E-state index contributed by atoms with van der Waals surface area (Å²) < 4.78 is 0. The van der Waals surface area contributed by atoms with Crippen molar-refractivity contribution in [2.75, 3.05) is 13.6 Å². The fourth-order valence-electron chi connectivity index (χ4n) is 5.53. The molecule has 4 rings (SSSR count). The Morgan fingerprint density at radius 2 is 1.68 bits per heavy atom. The Balaban J connectivity index is 1.74. The summed E-state index contributed by atoms with van der Waals surface area (Å²) in [5.41, 5.74) is 3.77. The van der Waals surface area contributed by atoms with E-state index in [9.17, 15) is 19.2 Å². The predicted octanol–water partition coefficient (Wildman–Crippen LogP) is 2.95. The van der Waals surface area contributed by atoms with Crippen LogP contribution in [0.5, 0.6) is 0 Å². The van der Waals surface area contributed by atoms with Crippen LogP contribution < -0.4 is 16.1 Å². The summed E-state index contributed by atoms with van der Waals surface area (Å²) in [6.45, 7) is 11.3. The summed E-state index contributed by atoms with van der Waals surface area (Å²) >= 11 is 0. The molecule has 4 unspecified atom stereocenters. The van der Waals surface area contributed by atoms with Gasteiger partial charge in [0, 0.05) is 25.2 Å². The van der Waals surface area contributed by atoms with E-state index < -0.39 is 29.4 Å². The van der Waals surface area contributed by atoms with Gasteiger partial charge in [-0.25, -0.2) is 5.43 Å². The second kappa shape index (κ2) is 12.0. The van der Waals surface area contributed by atoms with Crippen molar-refractivity contribution >= 4 is 40.5 Å². The average molecular weight is 563 g/mol. The zero-order valence-corrected chi connectivity index (χ0v) is 25.0. The van der Waals surface area contributed by atoms with E-state index in [0.717, 1.165) is 16.3 Å². The fraction of sp³-hybridized carbons (Fsp3) is 0.516. The van der Waals surface area contributed by atoms with Crippen molar-refractivity contribution in [2.24, 2.45) is 11.3 Å². The summed E-state index contributed by atoms with van der Waals surface area (Å²) in [4.78, 5) is 59.6. The van der Waals surface area contributed by atoms with E-state index >= 15 is 0 Å². The van der Waals surface area contributed by atoms with E-state index in [-0.39, 0.29) is 29.7 Å². The van der Waals surface area contributed by atoms with Gasteiger partial charge < -0.3 is 15.5 Å². The van der Waals surface area contributed by atoms with Crippen LogP contribution in [0.2, 0.25) is 0 Å². The molecule has 2 aromatic rings. The Kier molecular flexibility index (Phi) is 8.82. The number of likely N-dealkylation sites (N-methyl/N-ethyl adjacent to an activating group) is 1. The Labute approximate surface area is 241 Å². The minimum atomic E-state index is -0.924. The van der Waals surface area contributed by atoms with Crippen LogP contribution in [0.4, 0.5) is 0 Å². The molecule has 10 nitrogen and oxygen atoms in total. The highest BCUT2D eigenvalue weighted by Crippen LogP contribution is 2.26. The third kappa shape index (κ3) is 6.59. The van der Waals surface area contributed by atoms with Crippen LogP contribution in [0.3, 0.4) is 0 Å². The molecule has 3 heterocycles. The quantitative estimate of drug-likeness (QED) is 0.491. The van der Waals surface area contributed by atoms with Gasteiger partial charge in [-0.05, 0) is 75.6 Å². The highest BCUT2D eigenvalue weighted by molar-refractivity contribution is 5.94. The molecule has 220 valence electrons. The van der Waals surface area contributed by atoms with Gasteiger partial charge in [0.1, 0.15) is 18.1 Å². The van der Waals surface area contributed by atoms with Crippen LogP contribution in [0.15, 0.2) is 36.5 Å². The molecule has 0 saturated carbocycles. The summed E-state index contributed by atoms with van der Waals surface area (Å²) in [6.07, 6.45) is 6.63. The average Bonchev–Trinajstić information content (AvgIpc) is 2.94. The lowest BCUT2D eigenvalue weighted by molar-refractivity contribution is -0.147. The Bertz CT molecular complexity index is 1370. The Morgan fingerprint density at radius 3 is 2.39 bits per heavy atom. The molecule has 1 aromatic carbocycles. The van der Waals surface area contributed by atoms with Gasteiger partial charge in [0.2, 0.25) is 17.7 Å². The zero-order valence-electron chi connectivity index (χ0n) is 25.0. The number of nitrogens with one attached hydrogen (secondary N) is 3. The van der Waals surface area contributed by atoms with Gasteiger partial charge in [-0.15, -0.1) is 0 Å². The van der Waals surface area contributed by atoms with E-state index in [0.29, 0.717) is 25.1 Å². The van der Waals surface area contributed by atoms with Gasteiger partial charge in [0.05, 0.1) is 17.2 Å². The van der Waals surface area contributed by atoms with Crippen molar-refractivity contribution in [3.63, 3.8) is 0 Å². The smallest absolute Gasteiger partial charge is 0.258 e. The second-order valence-electron chi connectivity index (χ2n) is 12.2. The highest BCUT2D eigenvalue weighted by atomic mass is 16.2. The van der Waals surface area contributed by atoms with Crippen molar-refractivity contribution < 1.29 is 19.2 Å². The number of rotatable bonds is 1. The Morgan fingerprint density at radius 1 is 0.976 bits per heavy atom. The van der Waals surface area contributed by atoms with Gasteiger partial charge in [-0.2, -0.15) is 0 Å². The lowest BCUT2D eigenvalue weighted by Crippen LogP contribution is -2.62. The maximum atomic E-state index is 13.7. The van der Waals surface area contributed by atoms with Crippen molar-refractivity contribution in [1.29, 1.82) is 0 Å². The molecular formula is C31H42N6O4. The first-order chi connectivity index (χ1) is 19.3. The molecule has 5 bridgehead atoms. The van der Waals surface area contributed by atoms with Gasteiger partial charge in [0.25, 0.3) is 5.91 Å². The first-order valence-electron chi connectivity index (χ1n) is 14.3. The van der Waals surface area contributed by atoms with Crippen molar-refractivity contribution in [3.05, 3.63) is 47.8 Å². The molecule has 0 radical (unpaired) electrons. The third-order valence-electron chi connectivity index (χ3n) is 7.98. The number of fused-ring (bicyclic) bond motifs is 4. The maximum Gasteiger partial charge on any atom is 0.258 e. The van der Waals surface area contributed by atoms with Crippen LogP contribution in [-0.2, 0) is 19.2 Å². The number of aromatic nitrogens is 1. The summed E-state index contributed by atoms with van der Waals surface area (Å²) in [5.74, 6) is -1.37. The molecule has 1 saturated heterocycles. The van der Waals surface area contributed by atoms with Crippen molar-refractivity contribution in [1.82, 2.24) is 31.0 Å². The number of hydrogen-bond acceptors (Lipinski definition) is 6. The van der Waals surface area contributed by atoms with Gasteiger partial charge in [-0.1, -0.05) is 32.1 Å². The number of hydrogen-bond donors (Lipinski definition) is 3. The normalized spacial score (nSPS) is 26.3. The molecule has 0 spiro atoms. The van der Waals surface area contributed by atoms with E-state index in [1.54, 1.807) is 40.1 Å². The largest absolute Gasteiger partial charge is 0.348 e. The minimum absolute atomic E-state index is 0.196. The predicted molar refractivity (Wildman–Crippen MR) is 158 cm³/mol. The molecule has 41 heavy (non-hydrogen) atoms. The summed E-state index contributed by atoms with van der Waals surface area (Å²) in [5, 5.41) is 9.22. The maximum absolute atomic E-state index is 13.7. The molecule has 0 aliphatic carbocycles. The number of benzene rings is 1. The zero-order chi connectivity index (χ0) is 30.1. The standard InChI is InChI=1S/C31H42N6O4/c1-18(2)26-28(39)34-20(4)29(40)37-14-8-9-25(35-37)27(38)33-19(3)21-10-11-22-17-32-24(16-23(22)15-21)12-13-31(5,6)30(41)36(26)7/h10-13,15-20,25-26,35H,8-9,14H2,1-7H3,(H,33,38)(H,34,39). The molecule has 2 aliphatic heterocycles. The fourth-order valence-corrected chi connectivity index (χ4v) is 5.53. The third-order valence-corrected chi connectivity index (χ3v) is 7.98. The molecular weight excluding hydrogens is 520 g/mol. The van der Waals surface area contributed by atoms with E-state index in [4.69, 9.17) is 0 Å². The van der Waals surface area contributed by atoms with E-state index in [1.165, 1.54) is 9.91 Å². The van der Waals surface area contributed by atoms with Crippen molar-refractivity contribution in [3.8, 4) is 0 Å². The Hall–Kier alpha value is -3.79. The monoisotopic (exact) mass is 562 g/mol. The molecule has 10 heteroatoms. The van der Waals surface area contributed by atoms with Crippen LogP contribution in [0.1, 0.15) is 71.7 Å². The van der Waals surface area contributed by atoms with E-state index in [1.807, 2.05) is 51.1 Å². The molecule has 2 aliphatic rings. The molecule has 4 atom stereocenters. The number of pyridine rings is 1. The van der Waals surface area contributed by atoms with Gasteiger partial charge in [-0.3, -0.25) is 29.2 Å². The number of amides is 4.